The van der Waals surface area contributed by atoms with E-state index in [-0.39, 0.29) is 6.54 Å². The van der Waals surface area contributed by atoms with Gasteiger partial charge in [0.25, 0.3) is 11.8 Å². The zero-order chi connectivity index (χ0) is 19.6. The standard InChI is InChI=1S/C18H19N5O3S/c1-10-5-4-6-13(7-10)16-20-22-18(27)23(16)9-15(24)19-21-17(25)14-8-11(2)26-12(14)3/h4-8H,9H2,1-3H3,(H,19,24)(H,21,25)(H,22,27). The second-order valence-electron chi connectivity index (χ2n) is 6.14. The number of nitrogens with one attached hydrogen (secondary N) is 3. The Labute approximate surface area is 160 Å². The highest BCUT2D eigenvalue weighted by Gasteiger charge is 2.16. The molecule has 0 aliphatic rings. The van der Waals surface area contributed by atoms with Crippen LogP contribution in [0.2, 0.25) is 0 Å². The summed E-state index contributed by atoms with van der Waals surface area (Å²) in [5.41, 5.74) is 7.03. The molecule has 2 amide bonds. The van der Waals surface area contributed by atoms with E-state index in [1.807, 2.05) is 31.2 Å². The van der Waals surface area contributed by atoms with E-state index in [0.29, 0.717) is 27.7 Å². The summed E-state index contributed by atoms with van der Waals surface area (Å²) < 4.78 is 7.20. The van der Waals surface area contributed by atoms with Gasteiger partial charge in [0, 0.05) is 5.56 Å². The van der Waals surface area contributed by atoms with Crippen LogP contribution in [0.25, 0.3) is 11.4 Å². The number of carbonyl (C=O) groups excluding carboxylic acids is 2. The first kappa shape index (κ1) is 18.6. The predicted molar refractivity (Wildman–Crippen MR) is 101 cm³/mol. The minimum atomic E-state index is -0.451. The number of hydrazine groups is 1. The first-order valence-corrected chi connectivity index (χ1v) is 8.64. The van der Waals surface area contributed by atoms with Crippen molar-refractivity contribution in [1.29, 1.82) is 0 Å². The van der Waals surface area contributed by atoms with Gasteiger partial charge in [0.1, 0.15) is 18.1 Å². The predicted octanol–water partition coefficient (Wildman–Crippen LogP) is 2.59. The quantitative estimate of drug-likeness (QED) is 0.473. The van der Waals surface area contributed by atoms with E-state index < -0.39 is 11.8 Å². The van der Waals surface area contributed by atoms with E-state index in [2.05, 4.69) is 21.0 Å². The summed E-state index contributed by atoms with van der Waals surface area (Å²) in [7, 11) is 0. The van der Waals surface area contributed by atoms with Crippen LogP contribution >= 0.6 is 12.2 Å². The zero-order valence-electron chi connectivity index (χ0n) is 15.1. The Hall–Kier alpha value is -3.20. The molecule has 8 nitrogen and oxygen atoms in total. The van der Waals surface area contributed by atoms with Gasteiger partial charge in [0.05, 0.1) is 5.56 Å². The molecule has 0 saturated carbocycles. The molecule has 0 unspecified atom stereocenters. The summed E-state index contributed by atoms with van der Waals surface area (Å²) in [6.45, 7) is 5.30. The van der Waals surface area contributed by atoms with Crippen molar-refractivity contribution in [2.75, 3.05) is 0 Å². The number of benzene rings is 1. The fourth-order valence-corrected chi connectivity index (χ4v) is 2.90. The minimum absolute atomic E-state index is 0.0950. The van der Waals surface area contributed by atoms with E-state index in [1.54, 1.807) is 24.5 Å². The molecule has 27 heavy (non-hydrogen) atoms. The topological polar surface area (TPSA) is 105 Å². The van der Waals surface area contributed by atoms with Crippen molar-refractivity contribution in [3.05, 3.63) is 57.8 Å². The van der Waals surface area contributed by atoms with E-state index >= 15 is 0 Å². The fourth-order valence-electron chi connectivity index (χ4n) is 2.70. The third kappa shape index (κ3) is 4.14. The van der Waals surface area contributed by atoms with Crippen LogP contribution in [0.4, 0.5) is 0 Å². The third-order valence-corrected chi connectivity index (χ3v) is 4.25. The highest BCUT2D eigenvalue weighted by atomic mass is 32.1. The van der Waals surface area contributed by atoms with Crippen LogP contribution in [0.1, 0.15) is 27.4 Å². The van der Waals surface area contributed by atoms with E-state index in [1.165, 1.54) is 0 Å². The minimum Gasteiger partial charge on any atom is -0.466 e. The average molecular weight is 385 g/mol. The van der Waals surface area contributed by atoms with Crippen molar-refractivity contribution in [2.24, 2.45) is 0 Å². The molecule has 0 aliphatic carbocycles. The second kappa shape index (κ2) is 7.58. The lowest BCUT2D eigenvalue weighted by molar-refractivity contribution is -0.122. The maximum atomic E-state index is 12.3. The molecule has 3 N–H and O–H groups in total. The highest BCUT2D eigenvalue weighted by molar-refractivity contribution is 7.71. The van der Waals surface area contributed by atoms with Gasteiger partial charge in [-0.3, -0.25) is 30.1 Å². The summed E-state index contributed by atoms with van der Waals surface area (Å²) in [5.74, 6) is 0.765. The summed E-state index contributed by atoms with van der Waals surface area (Å²) in [6, 6.07) is 9.32. The molecule has 0 radical (unpaired) electrons. The van der Waals surface area contributed by atoms with Crippen LogP contribution in [0.5, 0.6) is 0 Å². The summed E-state index contributed by atoms with van der Waals surface area (Å²) in [4.78, 5) is 24.4. The van der Waals surface area contributed by atoms with Crippen LogP contribution < -0.4 is 10.9 Å². The Kier molecular flexibility index (Phi) is 5.22. The Bertz CT molecular complexity index is 1060. The third-order valence-electron chi connectivity index (χ3n) is 3.94. The molecule has 0 spiro atoms. The SMILES string of the molecule is Cc1cccc(-c2n[nH]c(=S)n2CC(=O)NNC(=O)c2cc(C)oc2C)c1. The van der Waals surface area contributed by atoms with Crippen molar-refractivity contribution in [1.82, 2.24) is 25.6 Å². The molecule has 0 fully saturated rings. The second-order valence-corrected chi connectivity index (χ2v) is 6.52. The van der Waals surface area contributed by atoms with E-state index in [0.717, 1.165) is 11.1 Å². The maximum absolute atomic E-state index is 12.3. The number of hydrogen-bond donors (Lipinski definition) is 3. The molecule has 0 aliphatic heterocycles. The molecule has 1 aromatic carbocycles. The van der Waals surface area contributed by atoms with Gasteiger partial charge < -0.3 is 4.42 Å². The van der Waals surface area contributed by atoms with Crippen LogP contribution in [-0.4, -0.2) is 26.6 Å². The number of aryl methyl sites for hydroxylation is 3. The first-order valence-electron chi connectivity index (χ1n) is 8.23. The number of rotatable bonds is 4. The molecule has 3 rings (SSSR count). The molecule has 140 valence electrons. The summed E-state index contributed by atoms with van der Waals surface area (Å²) in [5, 5.41) is 6.90. The number of furan rings is 1. The molecule has 2 heterocycles. The van der Waals surface area contributed by atoms with Crippen LogP contribution in [0.3, 0.4) is 0 Å². The molecule has 0 saturated heterocycles. The lowest BCUT2D eigenvalue weighted by Gasteiger charge is -2.09. The molecular weight excluding hydrogens is 366 g/mol. The fraction of sp³-hybridized carbons (Fsp3) is 0.222. The van der Waals surface area contributed by atoms with Gasteiger partial charge in [-0.25, -0.2) is 0 Å². The molecular formula is C18H19N5O3S. The molecule has 3 aromatic rings. The number of aromatic amines is 1. The number of carbonyl (C=O) groups is 2. The van der Waals surface area contributed by atoms with Crippen molar-refractivity contribution in [3.63, 3.8) is 0 Å². The van der Waals surface area contributed by atoms with Gasteiger partial charge in [-0.15, -0.1) is 0 Å². The van der Waals surface area contributed by atoms with Crippen LogP contribution in [0.15, 0.2) is 34.7 Å². The molecule has 0 bridgehead atoms. The number of H-pyrrole nitrogens is 1. The van der Waals surface area contributed by atoms with Gasteiger partial charge in [0.15, 0.2) is 10.6 Å². The van der Waals surface area contributed by atoms with Crippen molar-refractivity contribution >= 4 is 24.0 Å². The van der Waals surface area contributed by atoms with E-state index in [4.69, 9.17) is 16.6 Å². The molecule has 0 atom stereocenters. The number of hydrogen-bond acceptors (Lipinski definition) is 5. The van der Waals surface area contributed by atoms with Crippen molar-refractivity contribution < 1.29 is 14.0 Å². The smallest absolute Gasteiger partial charge is 0.273 e. The Morgan fingerprint density at radius 2 is 2.00 bits per heavy atom. The van der Waals surface area contributed by atoms with Crippen molar-refractivity contribution in [2.45, 2.75) is 27.3 Å². The Morgan fingerprint density at radius 3 is 2.67 bits per heavy atom. The van der Waals surface area contributed by atoms with Crippen molar-refractivity contribution in [3.8, 4) is 11.4 Å². The highest BCUT2D eigenvalue weighted by Crippen LogP contribution is 2.18. The van der Waals surface area contributed by atoms with Gasteiger partial charge >= 0.3 is 0 Å². The lowest BCUT2D eigenvalue weighted by Crippen LogP contribution is -2.43. The number of amides is 2. The Morgan fingerprint density at radius 1 is 1.22 bits per heavy atom. The average Bonchev–Trinajstić information content (AvgIpc) is 3.15. The van der Waals surface area contributed by atoms with Gasteiger partial charge in [0.2, 0.25) is 0 Å². The van der Waals surface area contributed by atoms with Gasteiger partial charge in [-0.1, -0.05) is 23.8 Å². The normalized spacial score (nSPS) is 10.6. The van der Waals surface area contributed by atoms with Crippen LogP contribution in [0, 0.1) is 25.5 Å². The number of aromatic nitrogens is 3. The van der Waals surface area contributed by atoms with Crippen LogP contribution in [-0.2, 0) is 11.3 Å². The monoisotopic (exact) mass is 385 g/mol. The Balaban J connectivity index is 1.70. The van der Waals surface area contributed by atoms with E-state index in [9.17, 15) is 9.59 Å². The first-order chi connectivity index (χ1) is 12.8. The lowest BCUT2D eigenvalue weighted by atomic mass is 10.1. The maximum Gasteiger partial charge on any atom is 0.273 e. The van der Waals surface area contributed by atoms with Gasteiger partial charge in [-0.05, 0) is 45.1 Å². The summed E-state index contributed by atoms with van der Waals surface area (Å²) >= 11 is 5.22. The largest absolute Gasteiger partial charge is 0.466 e. The molecule has 9 heteroatoms. The molecule has 2 aromatic heterocycles. The summed E-state index contributed by atoms with van der Waals surface area (Å²) in [6.07, 6.45) is 0. The number of nitrogens with zero attached hydrogens (tertiary/aromatic N) is 2. The zero-order valence-corrected chi connectivity index (χ0v) is 15.9. The van der Waals surface area contributed by atoms with Gasteiger partial charge in [-0.2, -0.15) is 5.10 Å².